The van der Waals surface area contributed by atoms with Crippen LogP contribution < -0.4 is 4.90 Å². The Morgan fingerprint density at radius 1 is 1.30 bits per heavy atom. The van der Waals surface area contributed by atoms with E-state index < -0.39 is 0 Å². The van der Waals surface area contributed by atoms with Gasteiger partial charge in [0, 0.05) is 50.8 Å². The lowest BCUT2D eigenvalue weighted by Crippen LogP contribution is -2.41. The van der Waals surface area contributed by atoms with Crippen LogP contribution in [0.1, 0.15) is 20.3 Å². The Balaban J connectivity index is 1.85. The molecule has 5 nitrogen and oxygen atoms in total. The van der Waals surface area contributed by atoms with E-state index in [1.807, 2.05) is 30.3 Å². The molecule has 1 fully saturated rings. The van der Waals surface area contributed by atoms with Crippen LogP contribution in [0, 0.1) is 0 Å². The first-order chi connectivity index (χ1) is 9.74. The maximum atomic E-state index is 12.2. The summed E-state index contributed by atoms with van der Waals surface area (Å²) >= 11 is 1.69. The average molecular weight is 296 g/mol. The van der Waals surface area contributed by atoms with Crippen LogP contribution in [-0.2, 0) is 4.79 Å². The lowest BCUT2D eigenvalue weighted by molar-refractivity contribution is -0.132. The van der Waals surface area contributed by atoms with Crippen LogP contribution in [0.25, 0.3) is 0 Å². The molecule has 1 saturated heterocycles. The van der Waals surface area contributed by atoms with Gasteiger partial charge in [0.25, 0.3) is 0 Å². The Labute approximate surface area is 125 Å². The molecule has 1 amide bonds. The minimum atomic E-state index is 0.248. The number of hydrogen-bond acceptors (Lipinski definition) is 5. The molecule has 1 aliphatic heterocycles. The molecule has 1 aliphatic rings. The maximum absolute atomic E-state index is 12.2. The monoisotopic (exact) mass is 296 g/mol. The van der Waals surface area contributed by atoms with Crippen molar-refractivity contribution in [3.63, 3.8) is 0 Å². The zero-order valence-corrected chi connectivity index (χ0v) is 13.2. The van der Waals surface area contributed by atoms with Crippen molar-refractivity contribution in [3.05, 3.63) is 11.6 Å². The SMILES string of the molecule is CCN(CC)C(=O)CN1CCCN(c2nccs2)CC1. The van der Waals surface area contributed by atoms with Crippen molar-refractivity contribution in [2.45, 2.75) is 20.3 Å². The van der Waals surface area contributed by atoms with Gasteiger partial charge in [0.05, 0.1) is 6.54 Å². The largest absolute Gasteiger partial charge is 0.347 e. The summed E-state index contributed by atoms with van der Waals surface area (Å²) in [5, 5.41) is 3.11. The van der Waals surface area contributed by atoms with Crippen molar-refractivity contribution < 1.29 is 4.79 Å². The molecule has 0 radical (unpaired) electrons. The number of rotatable bonds is 5. The number of aromatic nitrogens is 1. The second kappa shape index (κ2) is 7.59. The molecule has 0 spiro atoms. The van der Waals surface area contributed by atoms with E-state index in [1.165, 1.54) is 0 Å². The minimum Gasteiger partial charge on any atom is -0.347 e. The van der Waals surface area contributed by atoms with E-state index in [-0.39, 0.29) is 5.91 Å². The maximum Gasteiger partial charge on any atom is 0.236 e. The second-order valence-electron chi connectivity index (χ2n) is 5.00. The van der Waals surface area contributed by atoms with Crippen molar-refractivity contribution in [2.24, 2.45) is 0 Å². The fourth-order valence-electron chi connectivity index (χ4n) is 2.56. The molecule has 6 heteroatoms. The highest BCUT2D eigenvalue weighted by Gasteiger charge is 2.20. The number of carbonyl (C=O) groups is 1. The molecule has 0 aliphatic carbocycles. The number of hydrogen-bond donors (Lipinski definition) is 0. The van der Waals surface area contributed by atoms with Gasteiger partial charge in [-0.3, -0.25) is 9.69 Å². The lowest BCUT2D eigenvalue weighted by atomic mass is 10.3. The Bertz CT molecular complexity index is 405. The van der Waals surface area contributed by atoms with E-state index >= 15 is 0 Å². The summed E-state index contributed by atoms with van der Waals surface area (Å²) in [6.07, 6.45) is 2.94. The van der Waals surface area contributed by atoms with Gasteiger partial charge in [-0.15, -0.1) is 11.3 Å². The van der Waals surface area contributed by atoms with Crippen LogP contribution in [-0.4, -0.2) is 66.5 Å². The third-order valence-electron chi connectivity index (χ3n) is 3.75. The highest BCUT2D eigenvalue weighted by Crippen LogP contribution is 2.18. The first kappa shape index (κ1) is 15.3. The fraction of sp³-hybridized carbons (Fsp3) is 0.714. The van der Waals surface area contributed by atoms with E-state index in [2.05, 4.69) is 14.8 Å². The van der Waals surface area contributed by atoms with Crippen molar-refractivity contribution in [2.75, 3.05) is 50.7 Å². The number of amides is 1. The van der Waals surface area contributed by atoms with Crippen LogP contribution in [0.4, 0.5) is 5.13 Å². The summed E-state index contributed by atoms with van der Waals surface area (Å²) < 4.78 is 0. The third-order valence-corrected chi connectivity index (χ3v) is 4.59. The molecule has 0 atom stereocenters. The van der Waals surface area contributed by atoms with E-state index in [1.54, 1.807) is 11.3 Å². The van der Waals surface area contributed by atoms with Gasteiger partial charge >= 0.3 is 0 Å². The lowest BCUT2D eigenvalue weighted by Gasteiger charge is -2.25. The molecular weight excluding hydrogens is 272 g/mol. The predicted molar refractivity (Wildman–Crippen MR) is 83.3 cm³/mol. The van der Waals surface area contributed by atoms with Crippen molar-refractivity contribution in [3.8, 4) is 0 Å². The van der Waals surface area contributed by atoms with Gasteiger partial charge in [-0.2, -0.15) is 0 Å². The first-order valence-corrected chi connectivity index (χ1v) is 8.27. The molecule has 2 rings (SSSR count). The van der Waals surface area contributed by atoms with Gasteiger partial charge in [0.1, 0.15) is 0 Å². The van der Waals surface area contributed by atoms with Crippen LogP contribution in [0.15, 0.2) is 11.6 Å². The van der Waals surface area contributed by atoms with Crippen LogP contribution in [0.2, 0.25) is 0 Å². The molecule has 112 valence electrons. The smallest absolute Gasteiger partial charge is 0.236 e. The molecule has 0 saturated carbocycles. The summed E-state index contributed by atoms with van der Waals surface area (Å²) in [7, 11) is 0. The van der Waals surface area contributed by atoms with Crippen LogP contribution >= 0.6 is 11.3 Å². The Hall–Kier alpha value is -1.14. The number of anilines is 1. The number of thiazole rings is 1. The van der Waals surface area contributed by atoms with Crippen LogP contribution in [0.5, 0.6) is 0 Å². The molecule has 0 unspecified atom stereocenters. The number of likely N-dealkylation sites (N-methyl/N-ethyl adjacent to an activating group) is 1. The van der Waals surface area contributed by atoms with Gasteiger partial charge in [0.15, 0.2) is 5.13 Å². The molecule has 0 N–H and O–H groups in total. The summed E-state index contributed by atoms with van der Waals surface area (Å²) in [4.78, 5) is 23.0. The summed E-state index contributed by atoms with van der Waals surface area (Å²) in [5.41, 5.74) is 0. The molecule has 1 aromatic rings. The van der Waals surface area contributed by atoms with Gasteiger partial charge in [0.2, 0.25) is 5.91 Å². The number of carbonyl (C=O) groups excluding carboxylic acids is 1. The fourth-order valence-corrected chi connectivity index (χ4v) is 3.26. The van der Waals surface area contributed by atoms with E-state index in [4.69, 9.17) is 0 Å². The molecule has 2 heterocycles. The van der Waals surface area contributed by atoms with E-state index in [0.29, 0.717) is 6.54 Å². The highest BCUT2D eigenvalue weighted by molar-refractivity contribution is 7.13. The topological polar surface area (TPSA) is 39.7 Å². The van der Waals surface area contributed by atoms with Gasteiger partial charge in [-0.05, 0) is 20.3 Å². The second-order valence-corrected chi connectivity index (χ2v) is 5.87. The Morgan fingerprint density at radius 2 is 2.10 bits per heavy atom. The minimum absolute atomic E-state index is 0.248. The molecule has 1 aromatic heterocycles. The molecule has 20 heavy (non-hydrogen) atoms. The normalized spacial score (nSPS) is 17.0. The van der Waals surface area contributed by atoms with E-state index in [9.17, 15) is 4.79 Å². The quantitative estimate of drug-likeness (QED) is 0.826. The summed E-state index contributed by atoms with van der Waals surface area (Å²) in [6, 6.07) is 0. The zero-order chi connectivity index (χ0) is 14.4. The molecular formula is C14H24N4OS. The average Bonchev–Trinajstić information content (AvgIpc) is 2.88. The van der Waals surface area contributed by atoms with Crippen molar-refractivity contribution in [1.29, 1.82) is 0 Å². The van der Waals surface area contributed by atoms with Crippen molar-refractivity contribution in [1.82, 2.24) is 14.8 Å². The summed E-state index contributed by atoms with van der Waals surface area (Å²) in [5.74, 6) is 0.248. The van der Waals surface area contributed by atoms with Crippen LogP contribution in [0.3, 0.4) is 0 Å². The molecule has 0 bridgehead atoms. The number of nitrogens with zero attached hydrogens (tertiary/aromatic N) is 4. The van der Waals surface area contributed by atoms with E-state index in [0.717, 1.165) is 50.8 Å². The Morgan fingerprint density at radius 3 is 2.75 bits per heavy atom. The van der Waals surface area contributed by atoms with Gasteiger partial charge in [-0.25, -0.2) is 4.98 Å². The highest BCUT2D eigenvalue weighted by atomic mass is 32.1. The standard InChI is InChI=1S/C14H24N4OS/c1-3-17(4-2)13(19)12-16-7-5-8-18(10-9-16)14-15-6-11-20-14/h6,11H,3-5,7-10,12H2,1-2H3. The summed E-state index contributed by atoms with van der Waals surface area (Å²) in [6.45, 7) is 10.1. The molecule has 0 aromatic carbocycles. The third kappa shape index (κ3) is 3.93. The Kier molecular flexibility index (Phi) is 5.79. The first-order valence-electron chi connectivity index (χ1n) is 7.39. The van der Waals surface area contributed by atoms with Gasteiger partial charge in [-0.1, -0.05) is 0 Å². The zero-order valence-electron chi connectivity index (χ0n) is 12.4. The van der Waals surface area contributed by atoms with Crippen molar-refractivity contribution >= 4 is 22.4 Å². The predicted octanol–water partition coefficient (Wildman–Crippen LogP) is 1.52. The van der Waals surface area contributed by atoms with Gasteiger partial charge < -0.3 is 9.80 Å².